The van der Waals surface area contributed by atoms with E-state index in [0.29, 0.717) is 5.92 Å². The molecule has 4 rings (SSSR count). The van der Waals surface area contributed by atoms with E-state index in [2.05, 4.69) is 11.2 Å². The van der Waals surface area contributed by atoms with Crippen LogP contribution in [0.25, 0.3) is 0 Å². The van der Waals surface area contributed by atoms with Crippen molar-refractivity contribution in [3.8, 4) is 0 Å². The molecule has 1 saturated carbocycles. The van der Waals surface area contributed by atoms with Crippen LogP contribution in [0.15, 0.2) is 12.3 Å². The van der Waals surface area contributed by atoms with Gasteiger partial charge in [-0.25, -0.2) is 8.42 Å². The summed E-state index contributed by atoms with van der Waals surface area (Å²) in [7, 11) is -1.04. The molecule has 0 N–H and O–H groups in total. The van der Waals surface area contributed by atoms with E-state index in [4.69, 9.17) is 0 Å². The van der Waals surface area contributed by atoms with Crippen LogP contribution in [0.4, 0.5) is 0 Å². The molecule has 2 atom stereocenters. The van der Waals surface area contributed by atoms with Crippen LogP contribution in [0.3, 0.4) is 0 Å². The minimum atomic E-state index is -3.02. The van der Waals surface area contributed by atoms with Crippen LogP contribution in [-0.2, 0) is 17.1 Å². The lowest BCUT2D eigenvalue weighted by Gasteiger charge is -2.38. The summed E-state index contributed by atoms with van der Waals surface area (Å²) in [5.41, 5.74) is 1.25. The van der Waals surface area contributed by atoms with Gasteiger partial charge in [0, 0.05) is 36.9 Å². The number of hydrogen-bond acceptors (Lipinski definition) is 3. The number of sulfonamides is 1. The molecule has 2 unspecified atom stereocenters. The number of hydrogen-bond donors (Lipinski definition) is 0. The Morgan fingerprint density at radius 2 is 1.80 bits per heavy atom. The highest BCUT2D eigenvalue weighted by atomic mass is 32.2. The summed E-state index contributed by atoms with van der Waals surface area (Å²) in [4.78, 5) is 0. The topological polar surface area (TPSA) is 55.2 Å². The van der Waals surface area contributed by atoms with E-state index in [-0.39, 0.29) is 17.3 Å². The van der Waals surface area contributed by atoms with Crippen molar-refractivity contribution in [2.75, 3.05) is 0 Å². The monoisotopic (exact) mass is 295 g/mol. The van der Waals surface area contributed by atoms with E-state index < -0.39 is 10.0 Å². The summed E-state index contributed by atoms with van der Waals surface area (Å²) in [5.74, 6) is 0.464. The molecular formula is C14H21N3O2S. The van der Waals surface area contributed by atoms with Crippen LogP contribution in [0.5, 0.6) is 0 Å². The van der Waals surface area contributed by atoms with Gasteiger partial charge in [0.05, 0.1) is 5.25 Å². The fraction of sp³-hybridized carbons (Fsp3) is 0.786. The molecule has 2 saturated heterocycles. The van der Waals surface area contributed by atoms with Crippen molar-refractivity contribution in [2.24, 2.45) is 7.05 Å². The van der Waals surface area contributed by atoms with Crippen molar-refractivity contribution in [1.82, 2.24) is 14.1 Å². The summed E-state index contributed by atoms with van der Waals surface area (Å²) in [6.45, 7) is 0. The van der Waals surface area contributed by atoms with Crippen LogP contribution < -0.4 is 0 Å². The molecule has 2 aliphatic heterocycles. The molecular weight excluding hydrogens is 274 g/mol. The maximum Gasteiger partial charge on any atom is 0.217 e. The van der Waals surface area contributed by atoms with Crippen molar-refractivity contribution < 1.29 is 8.42 Å². The second-order valence-electron chi connectivity index (χ2n) is 6.51. The first-order valence-electron chi connectivity index (χ1n) is 7.57. The van der Waals surface area contributed by atoms with Gasteiger partial charge in [-0.2, -0.15) is 9.40 Å². The van der Waals surface area contributed by atoms with Gasteiger partial charge in [0.1, 0.15) is 0 Å². The average molecular weight is 295 g/mol. The Hall–Kier alpha value is -0.880. The van der Waals surface area contributed by atoms with E-state index >= 15 is 0 Å². The van der Waals surface area contributed by atoms with Gasteiger partial charge in [0.2, 0.25) is 10.0 Å². The second-order valence-corrected chi connectivity index (χ2v) is 8.63. The lowest BCUT2D eigenvalue weighted by molar-refractivity contribution is 0.221. The Balaban J connectivity index is 1.60. The van der Waals surface area contributed by atoms with Crippen LogP contribution in [0.1, 0.15) is 50.1 Å². The minimum Gasteiger partial charge on any atom is -0.272 e. The van der Waals surface area contributed by atoms with E-state index in [1.165, 1.54) is 5.69 Å². The van der Waals surface area contributed by atoms with Crippen molar-refractivity contribution in [1.29, 1.82) is 0 Å². The molecule has 0 radical (unpaired) electrons. The van der Waals surface area contributed by atoms with Gasteiger partial charge >= 0.3 is 0 Å². The molecule has 0 amide bonds. The molecule has 3 fully saturated rings. The van der Waals surface area contributed by atoms with Gasteiger partial charge in [0.25, 0.3) is 0 Å². The van der Waals surface area contributed by atoms with E-state index in [1.807, 2.05) is 22.2 Å². The predicted octanol–water partition coefficient (Wildman–Crippen LogP) is 1.62. The van der Waals surface area contributed by atoms with Crippen LogP contribution in [-0.4, -0.2) is 39.8 Å². The fourth-order valence-corrected chi connectivity index (χ4v) is 6.40. The molecule has 0 spiro atoms. The molecule has 3 heterocycles. The van der Waals surface area contributed by atoms with E-state index in [9.17, 15) is 8.42 Å². The van der Waals surface area contributed by atoms with Crippen molar-refractivity contribution in [3.05, 3.63) is 18.0 Å². The lowest BCUT2D eigenvalue weighted by atomic mass is 9.89. The lowest BCUT2D eigenvalue weighted by Crippen LogP contribution is -2.47. The number of aryl methyl sites for hydroxylation is 1. The maximum atomic E-state index is 12.6. The predicted molar refractivity (Wildman–Crippen MR) is 75.8 cm³/mol. The van der Waals surface area contributed by atoms with Crippen molar-refractivity contribution >= 4 is 10.0 Å². The summed E-state index contributed by atoms with van der Waals surface area (Å²) in [6.07, 6.45) is 7.55. The first-order chi connectivity index (χ1) is 9.57. The number of fused-ring (bicyclic) bond motifs is 2. The van der Waals surface area contributed by atoms with Gasteiger partial charge in [-0.15, -0.1) is 0 Å². The Labute approximate surface area is 120 Å². The molecule has 6 heteroatoms. The Bertz CT molecular complexity index is 606. The van der Waals surface area contributed by atoms with Crippen molar-refractivity contribution in [3.63, 3.8) is 0 Å². The first-order valence-corrected chi connectivity index (χ1v) is 9.08. The van der Waals surface area contributed by atoms with E-state index in [0.717, 1.165) is 38.5 Å². The molecule has 3 aliphatic rings. The zero-order valence-corrected chi connectivity index (χ0v) is 12.6. The third-order valence-electron chi connectivity index (χ3n) is 5.18. The minimum absolute atomic E-state index is 0.0705. The number of nitrogens with zero attached hydrogens (tertiary/aromatic N) is 3. The molecule has 1 aliphatic carbocycles. The smallest absolute Gasteiger partial charge is 0.217 e. The normalized spacial score (nSPS) is 34.5. The van der Waals surface area contributed by atoms with E-state index in [1.54, 1.807) is 0 Å². The molecule has 20 heavy (non-hydrogen) atoms. The van der Waals surface area contributed by atoms with Crippen LogP contribution >= 0.6 is 0 Å². The first kappa shape index (κ1) is 12.8. The van der Waals surface area contributed by atoms with Gasteiger partial charge in [-0.1, -0.05) is 0 Å². The molecule has 2 bridgehead atoms. The van der Waals surface area contributed by atoms with Crippen LogP contribution in [0, 0.1) is 0 Å². The summed E-state index contributed by atoms with van der Waals surface area (Å²) >= 11 is 0. The quantitative estimate of drug-likeness (QED) is 0.851. The molecule has 1 aromatic heterocycles. The standard InChI is InChI=1S/C14H21N3O2S/c1-16-14(6-7-15-16)10-8-11-2-3-12(9-10)17(11)20(18,19)13-4-5-13/h6-7,10-13H,2-5,8-9H2,1H3. The Morgan fingerprint density at radius 3 is 2.30 bits per heavy atom. The van der Waals surface area contributed by atoms with Gasteiger partial charge < -0.3 is 0 Å². The zero-order chi connectivity index (χ0) is 13.9. The summed E-state index contributed by atoms with van der Waals surface area (Å²) in [6, 6.07) is 2.52. The summed E-state index contributed by atoms with van der Waals surface area (Å²) in [5, 5.41) is 4.18. The number of rotatable bonds is 3. The fourth-order valence-electron chi connectivity index (χ4n) is 4.11. The maximum absolute atomic E-state index is 12.6. The second kappa shape index (κ2) is 4.31. The Morgan fingerprint density at radius 1 is 1.15 bits per heavy atom. The zero-order valence-electron chi connectivity index (χ0n) is 11.8. The average Bonchev–Trinajstić information content (AvgIpc) is 3.13. The third kappa shape index (κ3) is 1.84. The van der Waals surface area contributed by atoms with Gasteiger partial charge in [-0.05, 0) is 44.6 Å². The molecule has 5 nitrogen and oxygen atoms in total. The number of piperidine rings is 1. The molecule has 0 aromatic carbocycles. The highest BCUT2D eigenvalue weighted by Gasteiger charge is 2.51. The van der Waals surface area contributed by atoms with Crippen molar-refractivity contribution in [2.45, 2.75) is 61.8 Å². The molecule has 110 valence electrons. The van der Waals surface area contributed by atoms with Crippen LogP contribution in [0.2, 0.25) is 0 Å². The summed E-state index contributed by atoms with van der Waals surface area (Å²) < 4.78 is 29.0. The van der Waals surface area contributed by atoms with Gasteiger partial charge in [-0.3, -0.25) is 4.68 Å². The molecule has 1 aromatic rings. The highest BCUT2D eigenvalue weighted by Crippen LogP contribution is 2.47. The number of aromatic nitrogens is 2. The Kier molecular flexibility index (Phi) is 2.76. The SMILES string of the molecule is Cn1nccc1C1CC2CCC(C1)N2S(=O)(=O)C1CC1. The third-order valence-corrected chi connectivity index (χ3v) is 7.68. The largest absolute Gasteiger partial charge is 0.272 e. The highest BCUT2D eigenvalue weighted by molar-refractivity contribution is 7.90. The van der Waals surface area contributed by atoms with Gasteiger partial charge in [0.15, 0.2) is 0 Å².